The SMILES string of the molecule is C/C(O)=C(\C(=O)OCc1ccc([N+](=O)[O-])cc1)N1C(=O)C(NC(=O)COc2ccccc2)C1SS(=O)(=O)c1ccc(C)cc1. The number of benzene rings is 3. The van der Waals surface area contributed by atoms with Crippen molar-refractivity contribution in [3.8, 4) is 5.75 Å². The topological polar surface area (TPSA) is 182 Å². The number of likely N-dealkylation sites (tertiary alicyclic amines) is 1. The van der Waals surface area contributed by atoms with Gasteiger partial charge in [0.2, 0.25) is 8.87 Å². The highest BCUT2D eigenvalue weighted by molar-refractivity contribution is 8.72. The maximum Gasteiger partial charge on any atom is 0.358 e. The number of amides is 2. The van der Waals surface area contributed by atoms with Gasteiger partial charge in [-0.05, 0) is 55.8 Å². The summed E-state index contributed by atoms with van der Waals surface area (Å²) in [5, 5.41) is 22.4. The number of aryl methyl sites for hydroxylation is 1. The Balaban J connectivity index is 1.55. The largest absolute Gasteiger partial charge is 0.510 e. The molecule has 4 rings (SSSR count). The number of allylic oxidation sites excluding steroid dienone is 1. The van der Waals surface area contributed by atoms with Crippen molar-refractivity contribution in [1.29, 1.82) is 0 Å². The van der Waals surface area contributed by atoms with Crippen molar-refractivity contribution in [3.05, 3.63) is 112 Å². The maximum atomic E-state index is 13.3. The van der Waals surface area contributed by atoms with Crippen molar-refractivity contribution < 1.29 is 42.3 Å². The van der Waals surface area contributed by atoms with E-state index in [-0.39, 0.29) is 17.2 Å². The minimum absolute atomic E-state index is 0.0723. The van der Waals surface area contributed by atoms with Crippen LogP contribution in [0, 0.1) is 17.0 Å². The molecule has 13 nitrogen and oxygen atoms in total. The van der Waals surface area contributed by atoms with Crippen LogP contribution in [0.25, 0.3) is 0 Å². The Bertz CT molecular complexity index is 1690. The third-order valence-electron chi connectivity index (χ3n) is 6.30. The van der Waals surface area contributed by atoms with Crippen LogP contribution in [0.1, 0.15) is 18.1 Å². The van der Waals surface area contributed by atoms with Gasteiger partial charge in [-0.1, -0.05) is 35.9 Å². The number of nitrogens with one attached hydrogen (secondary N) is 1. The molecule has 1 aliphatic rings. The van der Waals surface area contributed by atoms with Gasteiger partial charge in [0.1, 0.15) is 29.5 Å². The summed E-state index contributed by atoms with van der Waals surface area (Å²) in [7, 11) is -3.83. The number of para-hydroxylation sites is 1. The standard InChI is InChI=1S/C29H27N3O10S2/c1-18-8-14-23(15-9-18)44(39,40)43-28-25(30-24(34)17-41-22-6-4-3-5-7-22)27(35)31(28)26(19(2)33)29(36)42-16-20-10-12-21(13-11-20)32(37)38/h3-15,25,28,33H,16-17H2,1-2H3,(H,30,34)/b26-19-. The van der Waals surface area contributed by atoms with E-state index in [0.717, 1.165) is 17.4 Å². The van der Waals surface area contributed by atoms with Gasteiger partial charge in [0.05, 0.1) is 9.82 Å². The third kappa shape index (κ3) is 7.54. The molecule has 0 bridgehead atoms. The van der Waals surface area contributed by atoms with Crippen molar-refractivity contribution in [3.63, 3.8) is 0 Å². The molecule has 0 aromatic heterocycles. The minimum Gasteiger partial charge on any atom is -0.510 e. The summed E-state index contributed by atoms with van der Waals surface area (Å²) in [6.07, 6.45) is 0. The third-order valence-corrected chi connectivity index (χ3v) is 10.0. The highest BCUT2D eigenvalue weighted by atomic mass is 33.1. The Hall–Kier alpha value is -4.89. The van der Waals surface area contributed by atoms with Crippen LogP contribution in [0.15, 0.2) is 95.2 Å². The number of nitro benzene ring substituents is 1. The van der Waals surface area contributed by atoms with Gasteiger partial charge in [-0.15, -0.1) is 0 Å². The van der Waals surface area contributed by atoms with E-state index in [1.54, 1.807) is 49.4 Å². The van der Waals surface area contributed by atoms with Crippen LogP contribution in [0.3, 0.4) is 0 Å². The Morgan fingerprint density at radius 2 is 1.68 bits per heavy atom. The predicted molar refractivity (Wildman–Crippen MR) is 159 cm³/mol. The predicted octanol–water partition coefficient (Wildman–Crippen LogP) is 3.59. The fourth-order valence-electron chi connectivity index (χ4n) is 4.06. The molecule has 0 aliphatic carbocycles. The molecular weight excluding hydrogens is 614 g/mol. The number of rotatable bonds is 12. The highest BCUT2D eigenvalue weighted by Crippen LogP contribution is 2.40. The van der Waals surface area contributed by atoms with E-state index in [4.69, 9.17) is 9.47 Å². The smallest absolute Gasteiger partial charge is 0.358 e. The number of non-ortho nitro benzene ring substituents is 1. The van der Waals surface area contributed by atoms with E-state index < -0.39 is 61.1 Å². The quantitative estimate of drug-likeness (QED) is 0.0561. The molecule has 0 saturated carbocycles. The molecule has 44 heavy (non-hydrogen) atoms. The van der Waals surface area contributed by atoms with Gasteiger partial charge in [-0.2, -0.15) is 0 Å². The van der Waals surface area contributed by atoms with Crippen LogP contribution >= 0.6 is 10.8 Å². The van der Waals surface area contributed by atoms with Crippen molar-refractivity contribution in [2.75, 3.05) is 6.61 Å². The van der Waals surface area contributed by atoms with Gasteiger partial charge in [0.15, 0.2) is 12.3 Å². The molecule has 230 valence electrons. The van der Waals surface area contributed by atoms with Crippen molar-refractivity contribution >= 4 is 43.1 Å². The number of nitrogens with zero attached hydrogens (tertiary/aromatic N) is 2. The number of β-lactam (4-membered cyclic amide) rings is 1. The molecular formula is C29H27N3O10S2. The van der Waals surface area contributed by atoms with E-state index in [1.807, 2.05) is 0 Å². The fraction of sp³-hybridized carbons (Fsp3) is 0.207. The van der Waals surface area contributed by atoms with Gasteiger partial charge in [0, 0.05) is 22.9 Å². The number of nitro groups is 1. The molecule has 0 radical (unpaired) electrons. The lowest BCUT2D eigenvalue weighted by Crippen LogP contribution is -2.70. The summed E-state index contributed by atoms with van der Waals surface area (Å²) < 4.78 is 37.3. The highest BCUT2D eigenvalue weighted by Gasteiger charge is 2.54. The summed E-state index contributed by atoms with van der Waals surface area (Å²) in [6, 6.07) is 18.1. The molecule has 3 aromatic carbocycles. The van der Waals surface area contributed by atoms with Crippen molar-refractivity contribution in [2.24, 2.45) is 0 Å². The molecule has 3 aromatic rings. The lowest BCUT2D eigenvalue weighted by molar-refractivity contribution is -0.384. The molecule has 0 spiro atoms. The van der Waals surface area contributed by atoms with Crippen LogP contribution in [-0.2, 0) is 34.6 Å². The number of ether oxygens (including phenoxy) is 2. The number of carbonyl (C=O) groups is 3. The molecule has 15 heteroatoms. The zero-order chi connectivity index (χ0) is 32.0. The first-order valence-electron chi connectivity index (χ1n) is 13.0. The van der Waals surface area contributed by atoms with E-state index in [1.165, 1.54) is 36.4 Å². The van der Waals surface area contributed by atoms with Gasteiger partial charge >= 0.3 is 5.97 Å². The molecule has 1 fully saturated rings. The summed E-state index contributed by atoms with van der Waals surface area (Å²) >= 11 is 0. The monoisotopic (exact) mass is 641 g/mol. The number of hydrogen-bond acceptors (Lipinski definition) is 11. The normalized spacial score (nSPS) is 16.8. The first-order valence-corrected chi connectivity index (χ1v) is 15.9. The van der Waals surface area contributed by atoms with Crippen LogP contribution in [0.2, 0.25) is 0 Å². The molecule has 1 aliphatic heterocycles. The Labute approximate surface area is 255 Å². The van der Waals surface area contributed by atoms with Crippen LogP contribution < -0.4 is 10.1 Å². The van der Waals surface area contributed by atoms with Crippen molar-refractivity contribution in [1.82, 2.24) is 10.2 Å². The molecule has 1 heterocycles. The summed E-state index contributed by atoms with van der Waals surface area (Å²) in [5.74, 6) is -2.99. The van der Waals surface area contributed by atoms with Crippen LogP contribution in [-0.4, -0.2) is 59.2 Å². The van der Waals surface area contributed by atoms with E-state index in [9.17, 15) is 38.0 Å². The second kappa shape index (κ2) is 13.6. The molecule has 2 amide bonds. The average molecular weight is 642 g/mol. The van der Waals surface area contributed by atoms with E-state index >= 15 is 0 Å². The van der Waals surface area contributed by atoms with Gasteiger partial charge < -0.3 is 19.9 Å². The number of esters is 1. The lowest BCUT2D eigenvalue weighted by atomic mass is 10.1. The first kappa shape index (κ1) is 32.0. The van der Waals surface area contributed by atoms with Crippen LogP contribution in [0.5, 0.6) is 5.75 Å². The van der Waals surface area contributed by atoms with Crippen molar-refractivity contribution in [2.45, 2.75) is 36.8 Å². The number of aliphatic hydroxyl groups is 1. The number of aliphatic hydroxyl groups excluding tert-OH is 1. The Morgan fingerprint density at radius 3 is 2.27 bits per heavy atom. The van der Waals surface area contributed by atoms with Gasteiger partial charge in [-0.3, -0.25) is 24.6 Å². The lowest BCUT2D eigenvalue weighted by Gasteiger charge is -2.46. The maximum absolute atomic E-state index is 13.3. The van der Waals surface area contributed by atoms with Gasteiger partial charge in [-0.25, -0.2) is 13.2 Å². The number of carbonyl (C=O) groups excluding carboxylic acids is 3. The van der Waals surface area contributed by atoms with E-state index in [0.29, 0.717) is 22.1 Å². The fourth-order valence-corrected chi connectivity index (χ4v) is 7.52. The van der Waals surface area contributed by atoms with Crippen LogP contribution in [0.4, 0.5) is 5.69 Å². The summed E-state index contributed by atoms with van der Waals surface area (Å²) in [5.41, 5.74) is 0.398. The zero-order valence-corrected chi connectivity index (χ0v) is 25.0. The van der Waals surface area contributed by atoms with Gasteiger partial charge in [0.25, 0.3) is 17.5 Å². The second-order valence-electron chi connectivity index (χ2n) is 9.54. The number of hydrogen-bond donors (Lipinski definition) is 2. The second-order valence-corrected chi connectivity index (χ2v) is 13.5. The van der Waals surface area contributed by atoms with E-state index in [2.05, 4.69) is 5.32 Å². The first-order chi connectivity index (χ1) is 20.9. The molecule has 2 atom stereocenters. The Morgan fingerprint density at radius 1 is 1.05 bits per heavy atom. The minimum atomic E-state index is -4.14. The molecule has 1 saturated heterocycles. The molecule has 2 unspecified atom stereocenters. The summed E-state index contributed by atoms with van der Waals surface area (Å²) in [6.45, 7) is 2.05. The average Bonchev–Trinajstić information content (AvgIpc) is 3.00. The molecule has 2 N–H and O–H groups in total. The Kier molecular flexibility index (Phi) is 9.90. The summed E-state index contributed by atoms with van der Waals surface area (Å²) in [4.78, 5) is 50.1. The zero-order valence-electron chi connectivity index (χ0n) is 23.4.